The number of benzene rings is 2. The zero-order valence-electron chi connectivity index (χ0n) is 18.2. The molecule has 8 heteroatoms. The number of fused-ring (bicyclic) bond motifs is 1. The average Bonchev–Trinajstić information content (AvgIpc) is 2.84. The van der Waals surface area contributed by atoms with Gasteiger partial charge in [0.05, 0.1) is 25.9 Å². The first kappa shape index (κ1) is 21.2. The molecule has 164 valence electrons. The normalized spacial score (nSPS) is 12.9. The lowest BCUT2D eigenvalue weighted by Gasteiger charge is -2.36. The van der Waals surface area contributed by atoms with Crippen molar-refractivity contribution in [3.63, 3.8) is 0 Å². The van der Waals surface area contributed by atoms with Gasteiger partial charge < -0.3 is 14.8 Å². The molecular weight excluding hydrogens is 408 g/mol. The topological polar surface area (TPSA) is 84.0 Å². The average molecular weight is 432 g/mol. The molecule has 2 aromatic carbocycles. The number of aromatic nitrogens is 1. The van der Waals surface area contributed by atoms with Gasteiger partial charge in [-0.3, -0.25) is 9.69 Å². The Labute approximate surface area is 186 Å². The first-order chi connectivity index (χ1) is 15.5. The molecule has 0 fully saturated rings. The lowest BCUT2D eigenvalue weighted by Crippen LogP contribution is -2.45. The third-order valence-corrected chi connectivity index (χ3v) is 5.18. The molecule has 4 rings (SSSR count). The van der Waals surface area contributed by atoms with Crippen molar-refractivity contribution < 1.29 is 19.1 Å². The van der Waals surface area contributed by atoms with E-state index in [0.29, 0.717) is 47.5 Å². The van der Waals surface area contributed by atoms with Crippen LogP contribution in [-0.2, 0) is 6.54 Å². The smallest absolute Gasteiger partial charge is 0.335 e. The van der Waals surface area contributed by atoms with Crippen LogP contribution in [-0.4, -0.2) is 37.7 Å². The lowest BCUT2D eigenvalue weighted by atomic mass is 10.1. The molecule has 0 saturated heterocycles. The molecular formula is C24H24N4O4. The van der Waals surface area contributed by atoms with Crippen LogP contribution in [0.15, 0.2) is 60.7 Å². The maximum atomic E-state index is 13.6. The van der Waals surface area contributed by atoms with E-state index in [1.54, 1.807) is 66.4 Å². The van der Waals surface area contributed by atoms with Gasteiger partial charge in [-0.2, -0.15) is 4.98 Å². The Bertz CT molecular complexity index is 1130. The highest BCUT2D eigenvalue weighted by atomic mass is 16.5. The van der Waals surface area contributed by atoms with Gasteiger partial charge in [0.1, 0.15) is 11.6 Å². The predicted octanol–water partition coefficient (Wildman–Crippen LogP) is 4.13. The van der Waals surface area contributed by atoms with E-state index in [2.05, 4.69) is 10.3 Å². The van der Waals surface area contributed by atoms with Crippen molar-refractivity contribution in [1.29, 1.82) is 0 Å². The third kappa shape index (κ3) is 3.94. The maximum Gasteiger partial charge on any atom is 0.335 e. The molecule has 0 radical (unpaired) electrons. The number of ether oxygens (including phenoxy) is 2. The summed E-state index contributed by atoms with van der Waals surface area (Å²) in [5.41, 5.74) is 2.74. The minimum absolute atomic E-state index is 0.181. The highest BCUT2D eigenvalue weighted by Crippen LogP contribution is 2.37. The number of nitrogens with one attached hydrogen (secondary N) is 1. The van der Waals surface area contributed by atoms with E-state index in [1.807, 2.05) is 25.1 Å². The molecule has 0 aliphatic carbocycles. The summed E-state index contributed by atoms with van der Waals surface area (Å²) in [6.07, 6.45) is 0. The van der Waals surface area contributed by atoms with Gasteiger partial charge in [-0.05, 0) is 61.5 Å². The molecule has 1 aromatic heterocycles. The van der Waals surface area contributed by atoms with Gasteiger partial charge in [0.25, 0.3) is 5.91 Å². The molecule has 0 bridgehead atoms. The number of rotatable bonds is 6. The molecule has 3 amide bonds. The van der Waals surface area contributed by atoms with Crippen molar-refractivity contribution in [3.05, 3.63) is 71.8 Å². The zero-order valence-corrected chi connectivity index (χ0v) is 18.2. The van der Waals surface area contributed by atoms with Gasteiger partial charge in [-0.1, -0.05) is 0 Å². The Morgan fingerprint density at radius 2 is 1.72 bits per heavy atom. The van der Waals surface area contributed by atoms with Gasteiger partial charge in [0.2, 0.25) is 5.88 Å². The second-order valence-electron chi connectivity index (χ2n) is 7.09. The number of methoxy groups -OCH3 is 1. The van der Waals surface area contributed by atoms with Crippen LogP contribution in [0.3, 0.4) is 0 Å². The van der Waals surface area contributed by atoms with Crippen molar-refractivity contribution in [2.24, 2.45) is 0 Å². The summed E-state index contributed by atoms with van der Waals surface area (Å²) in [6.45, 7) is 2.71. The first-order valence-corrected chi connectivity index (χ1v) is 10.3. The van der Waals surface area contributed by atoms with Crippen LogP contribution in [0.1, 0.15) is 22.8 Å². The van der Waals surface area contributed by atoms with Crippen molar-refractivity contribution in [2.75, 3.05) is 30.6 Å². The molecule has 1 aliphatic rings. The number of carbonyl (C=O) groups excluding carboxylic acids is 2. The summed E-state index contributed by atoms with van der Waals surface area (Å²) >= 11 is 0. The molecule has 3 aromatic rings. The quantitative estimate of drug-likeness (QED) is 0.633. The molecule has 0 unspecified atom stereocenters. The van der Waals surface area contributed by atoms with Crippen LogP contribution in [0.2, 0.25) is 0 Å². The molecule has 0 atom stereocenters. The fourth-order valence-electron chi connectivity index (χ4n) is 3.56. The number of nitrogens with zero attached hydrogens (tertiary/aromatic N) is 3. The summed E-state index contributed by atoms with van der Waals surface area (Å²) < 4.78 is 10.8. The molecule has 1 aliphatic heterocycles. The van der Waals surface area contributed by atoms with Crippen molar-refractivity contribution >= 4 is 29.1 Å². The molecule has 1 N–H and O–H groups in total. The standard InChI is InChI=1S/C24H24N4O4/c1-4-32-21-14-7-17-15-27(18-8-5-16(6-9-18)23(29)25-2)24(30)28(22(17)26-21)19-10-12-20(31-3)13-11-19/h5-14H,4,15H2,1-3H3,(H,25,29). The van der Waals surface area contributed by atoms with Crippen LogP contribution >= 0.6 is 0 Å². The highest BCUT2D eigenvalue weighted by molar-refractivity contribution is 6.10. The largest absolute Gasteiger partial charge is 0.497 e. The van der Waals surface area contributed by atoms with Crippen LogP contribution in [0, 0.1) is 0 Å². The highest BCUT2D eigenvalue weighted by Gasteiger charge is 2.34. The number of urea groups is 1. The number of pyridine rings is 1. The Morgan fingerprint density at radius 3 is 2.34 bits per heavy atom. The van der Waals surface area contributed by atoms with E-state index in [1.165, 1.54) is 0 Å². The number of anilines is 3. The molecule has 32 heavy (non-hydrogen) atoms. The minimum atomic E-state index is -0.253. The van der Waals surface area contributed by atoms with Crippen molar-refractivity contribution in [1.82, 2.24) is 10.3 Å². The van der Waals surface area contributed by atoms with Gasteiger partial charge in [-0.15, -0.1) is 0 Å². The van der Waals surface area contributed by atoms with E-state index < -0.39 is 0 Å². The fourth-order valence-corrected chi connectivity index (χ4v) is 3.56. The predicted molar refractivity (Wildman–Crippen MR) is 122 cm³/mol. The van der Waals surface area contributed by atoms with Gasteiger partial charge >= 0.3 is 6.03 Å². The van der Waals surface area contributed by atoms with Gasteiger partial charge in [-0.25, -0.2) is 9.69 Å². The Morgan fingerprint density at radius 1 is 1.03 bits per heavy atom. The Balaban J connectivity index is 1.77. The third-order valence-electron chi connectivity index (χ3n) is 5.18. The Kier molecular flexibility index (Phi) is 5.93. The number of hydrogen-bond acceptors (Lipinski definition) is 5. The summed E-state index contributed by atoms with van der Waals surface area (Å²) in [4.78, 5) is 33.3. The van der Waals surface area contributed by atoms with Gasteiger partial charge in [0, 0.05) is 29.9 Å². The summed E-state index contributed by atoms with van der Waals surface area (Å²) in [5, 5.41) is 2.60. The summed E-state index contributed by atoms with van der Waals surface area (Å²) in [6, 6.07) is 17.6. The summed E-state index contributed by atoms with van der Waals surface area (Å²) in [5.74, 6) is 1.50. The second-order valence-corrected chi connectivity index (χ2v) is 7.09. The summed E-state index contributed by atoms with van der Waals surface area (Å²) in [7, 11) is 3.17. The maximum absolute atomic E-state index is 13.6. The first-order valence-electron chi connectivity index (χ1n) is 10.3. The minimum Gasteiger partial charge on any atom is -0.497 e. The number of carbonyl (C=O) groups is 2. The van der Waals surface area contributed by atoms with Gasteiger partial charge in [0.15, 0.2) is 0 Å². The number of amides is 3. The SMILES string of the molecule is CCOc1ccc2c(n1)N(c1ccc(OC)cc1)C(=O)N(c1ccc(C(=O)NC)cc1)C2. The van der Waals surface area contributed by atoms with Crippen molar-refractivity contribution in [2.45, 2.75) is 13.5 Å². The molecule has 0 saturated carbocycles. The van der Waals surface area contributed by atoms with E-state index >= 15 is 0 Å². The van der Waals surface area contributed by atoms with Crippen LogP contribution in [0.25, 0.3) is 0 Å². The molecule has 0 spiro atoms. The monoisotopic (exact) mass is 432 g/mol. The van der Waals surface area contributed by atoms with E-state index in [0.717, 1.165) is 5.56 Å². The Hall–Kier alpha value is -4.07. The van der Waals surface area contributed by atoms with Crippen LogP contribution in [0.4, 0.5) is 22.0 Å². The zero-order chi connectivity index (χ0) is 22.7. The molecule has 2 heterocycles. The van der Waals surface area contributed by atoms with E-state index in [9.17, 15) is 9.59 Å². The van der Waals surface area contributed by atoms with Crippen LogP contribution in [0.5, 0.6) is 11.6 Å². The van der Waals surface area contributed by atoms with Crippen LogP contribution < -0.4 is 24.6 Å². The van der Waals surface area contributed by atoms with E-state index in [-0.39, 0.29) is 11.9 Å². The van der Waals surface area contributed by atoms with Crippen molar-refractivity contribution in [3.8, 4) is 11.6 Å². The fraction of sp³-hybridized carbons (Fsp3) is 0.208. The van der Waals surface area contributed by atoms with E-state index in [4.69, 9.17) is 9.47 Å². The second kappa shape index (κ2) is 8.97. The lowest BCUT2D eigenvalue weighted by molar-refractivity contribution is 0.0963. The molecule has 8 nitrogen and oxygen atoms in total. The number of hydrogen-bond donors (Lipinski definition) is 1.